The summed E-state index contributed by atoms with van der Waals surface area (Å²) in [5.41, 5.74) is 5.26. The normalized spacial score (nSPS) is 15.6. The Labute approximate surface area is 160 Å². The van der Waals surface area contributed by atoms with E-state index < -0.39 is 0 Å². The molecule has 0 saturated carbocycles. The summed E-state index contributed by atoms with van der Waals surface area (Å²) < 4.78 is 10.8. The van der Waals surface area contributed by atoms with Gasteiger partial charge in [0.25, 0.3) is 0 Å². The Balaban J connectivity index is 1.64. The van der Waals surface area contributed by atoms with Crippen LogP contribution in [0.2, 0.25) is 0 Å². The first kappa shape index (κ1) is 17.5. The Bertz CT molecular complexity index is 924. The van der Waals surface area contributed by atoms with Crippen molar-refractivity contribution < 1.29 is 9.47 Å². The molecule has 0 N–H and O–H groups in total. The zero-order chi connectivity index (χ0) is 18.8. The third-order valence-corrected chi connectivity index (χ3v) is 5.02. The number of allylic oxidation sites excluding steroid dienone is 1. The molecular formula is C23H24N2O2. The summed E-state index contributed by atoms with van der Waals surface area (Å²) in [5.74, 6) is 2.07. The number of nitriles is 1. The van der Waals surface area contributed by atoms with Crippen molar-refractivity contribution in [3.63, 3.8) is 0 Å². The summed E-state index contributed by atoms with van der Waals surface area (Å²) in [7, 11) is 0. The van der Waals surface area contributed by atoms with Crippen molar-refractivity contribution in [1.82, 2.24) is 0 Å². The quantitative estimate of drug-likeness (QED) is 0.575. The highest BCUT2D eigenvalue weighted by molar-refractivity contribution is 5.90. The van der Waals surface area contributed by atoms with Gasteiger partial charge in [-0.3, -0.25) is 0 Å². The summed E-state index contributed by atoms with van der Waals surface area (Å²) in [6.45, 7) is 6.97. The number of hydrogen-bond acceptors (Lipinski definition) is 4. The molecule has 0 unspecified atom stereocenters. The Morgan fingerprint density at radius 1 is 1.19 bits per heavy atom. The van der Waals surface area contributed by atoms with Crippen molar-refractivity contribution in [2.24, 2.45) is 5.92 Å². The highest BCUT2D eigenvalue weighted by Gasteiger charge is 2.18. The summed E-state index contributed by atoms with van der Waals surface area (Å²) in [6.07, 6.45) is 4.23. The van der Waals surface area contributed by atoms with Gasteiger partial charge in [0.05, 0.1) is 11.6 Å². The van der Waals surface area contributed by atoms with Crippen LogP contribution in [0.15, 0.2) is 36.4 Å². The van der Waals surface area contributed by atoms with Crippen LogP contribution in [0.3, 0.4) is 0 Å². The van der Waals surface area contributed by atoms with E-state index in [1.165, 1.54) is 17.7 Å². The van der Waals surface area contributed by atoms with Crippen LogP contribution in [0.5, 0.6) is 11.5 Å². The summed E-state index contributed by atoms with van der Waals surface area (Å²) in [5, 5.41) is 9.67. The van der Waals surface area contributed by atoms with E-state index in [0.29, 0.717) is 17.2 Å². The monoisotopic (exact) mass is 360 g/mol. The second-order valence-corrected chi connectivity index (χ2v) is 7.57. The SMILES string of the molecule is CC(C)CN1CCCc2cc(/C=C(/C#N)c3ccc4c(c3)OCO4)ccc21. The Hall–Kier alpha value is -2.93. The van der Waals surface area contributed by atoms with Gasteiger partial charge in [-0.25, -0.2) is 0 Å². The molecule has 0 aliphatic carbocycles. The molecule has 0 saturated heterocycles. The number of ether oxygens (including phenoxy) is 2. The van der Waals surface area contributed by atoms with E-state index in [2.05, 4.69) is 43.0 Å². The number of anilines is 1. The highest BCUT2D eigenvalue weighted by atomic mass is 16.7. The number of hydrogen-bond donors (Lipinski definition) is 0. The van der Waals surface area contributed by atoms with Crippen molar-refractivity contribution in [3.8, 4) is 17.6 Å². The van der Waals surface area contributed by atoms with Gasteiger partial charge in [-0.15, -0.1) is 0 Å². The van der Waals surface area contributed by atoms with Crippen LogP contribution in [0.4, 0.5) is 5.69 Å². The number of aryl methyl sites for hydroxylation is 1. The molecule has 138 valence electrons. The summed E-state index contributed by atoms with van der Waals surface area (Å²) >= 11 is 0. The Kier molecular flexibility index (Phi) is 4.77. The lowest BCUT2D eigenvalue weighted by Gasteiger charge is -2.33. The average Bonchev–Trinajstić information content (AvgIpc) is 3.13. The molecule has 4 nitrogen and oxygen atoms in total. The largest absolute Gasteiger partial charge is 0.454 e. The Morgan fingerprint density at radius 3 is 2.85 bits per heavy atom. The second-order valence-electron chi connectivity index (χ2n) is 7.57. The standard InChI is InChI=1S/C23H24N2O2/c1-16(2)14-25-9-3-4-19-10-17(5-7-21(19)25)11-20(13-24)18-6-8-22-23(12-18)27-15-26-22/h5-8,10-12,16H,3-4,9,14-15H2,1-2H3/b20-11-. The van der Waals surface area contributed by atoms with Crippen LogP contribution >= 0.6 is 0 Å². The van der Waals surface area contributed by atoms with Gasteiger partial charge in [-0.1, -0.05) is 19.9 Å². The predicted molar refractivity (Wildman–Crippen MR) is 108 cm³/mol. The lowest BCUT2D eigenvalue weighted by Crippen LogP contribution is -2.32. The fourth-order valence-corrected chi connectivity index (χ4v) is 3.83. The van der Waals surface area contributed by atoms with Crippen LogP contribution in [-0.4, -0.2) is 19.9 Å². The summed E-state index contributed by atoms with van der Waals surface area (Å²) in [6, 6.07) is 14.5. The van der Waals surface area contributed by atoms with Crippen molar-refractivity contribution in [1.29, 1.82) is 5.26 Å². The molecule has 0 bridgehead atoms. The molecule has 0 radical (unpaired) electrons. The minimum atomic E-state index is 0.238. The van der Waals surface area contributed by atoms with Crippen molar-refractivity contribution in [2.45, 2.75) is 26.7 Å². The first-order chi connectivity index (χ1) is 13.1. The molecule has 0 amide bonds. The first-order valence-electron chi connectivity index (χ1n) is 9.54. The van der Waals surface area contributed by atoms with E-state index in [9.17, 15) is 5.26 Å². The molecule has 0 aromatic heterocycles. The van der Waals surface area contributed by atoms with Gasteiger partial charge in [0, 0.05) is 18.8 Å². The van der Waals surface area contributed by atoms with Crippen LogP contribution < -0.4 is 14.4 Å². The topological polar surface area (TPSA) is 45.5 Å². The average molecular weight is 360 g/mol. The molecule has 4 rings (SSSR count). The zero-order valence-electron chi connectivity index (χ0n) is 15.9. The molecule has 0 atom stereocenters. The van der Waals surface area contributed by atoms with Gasteiger partial charge in [0.15, 0.2) is 11.5 Å². The lowest BCUT2D eigenvalue weighted by atomic mass is 9.96. The molecular weight excluding hydrogens is 336 g/mol. The minimum absolute atomic E-state index is 0.238. The van der Waals surface area contributed by atoms with Crippen LogP contribution in [0.1, 0.15) is 37.0 Å². The van der Waals surface area contributed by atoms with Gasteiger partial charge in [0.2, 0.25) is 6.79 Å². The number of benzene rings is 2. The fraction of sp³-hybridized carbons (Fsp3) is 0.348. The van der Waals surface area contributed by atoms with Crippen LogP contribution in [0, 0.1) is 17.2 Å². The molecule has 4 heteroatoms. The van der Waals surface area contributed by atoms with Crippen molar-refractivity contribution >= 4 is 17.3 Å². The molecule has 0 spiro atoms. The van der Waals surface area contributed by atoms with Crippen molar-refractivity contribution in [3.05, 3.63) is 53.1 Å². The first-order valence-corrected chi connectivity index (χ1v) is 9.54. The number of nitrogens with zero attached hydrogens (tertiary/aromatic N) is 2. The Morgan fingerprint density at radius 2 is 2.04 bits per heavy atom. The van der Waals surface area contributed by atoms with E-state index in [-0.39, 0.29) is 6.79 Å². The highest BCUT2D eigenvalue weighted by Crippen LogP contribution is 2.35. The molecule has 0 fully saturated rings. The van der Waals surface area contributed by atoms with E-state index in [0.717, 1.165) is 36.4 Å². The molecule has 2 heterocycles. The maximum absolute atomic E-state index is 9.67. The molecule has 2 aromatic rings. The van der Waals surface area contributed by atoms with Gasteiger partial charge in [-0.2, -0.15) is 5.26 Å². The summed E-state index contributed by atoms with van der Waals surface area (Å²) in [4.78, 5) is 2.49. The third kappa shape index (κ3) is 3.64. The number of rotatable bonds is 4. The van der Waals surface area contributed by atoms with Gasteiger partial charge in [-0.05, 0) is 71.9 Å². The van der Waals surface area contributed by atoms with E-state index in [4.69, 9.17) is 9.47 Å². The minimum Gasteiger partial charge on any atom is -0.454 e. The third-order valence-electron chi connectivity index (χ3n) is 5.02. The zero-order valence-corrected chi connectivity index (χ0v) is 15.9. The van der Waals surface area contributed by atoms with E-state index in [1.54, 1.807) is 0 Å². The fourth-order valence-electron chi connectivity index (χ4n) is 3.83. The maximum Gasteiger partial charge on any atom is 0.231 e. The van der Waals surface area contributed by atoms with Crippen LogP contribution in [-0.2, 0) is 6.42 Å². The second kappa shape index (κ2) is 7.36. The maximum atomic E-state index is 9.67. The molecule has 2 aliphatic heterocycles. The van der Waals surface area contributed by atoms with E-state index in [1.807, 2.05) is 24.3 Å². The van der Waals surface area contributed by atoms with Gasteiger partial charge in [0.1, 0.15) is 0 Å². The smallest absolute Gasteiger partial charge is 0.231 e. The number of fused-ring (bicyclic) bond motifs is 2. The van der Waals surface area contributed by atoms with Gasteiger partial charge < -0.3 is 14.4 Å². The predicted octanol–water partition coefficient (Wildman–Crippen LogP) is 4.89. The molecule has 2 aromatic carbocycles. The van der Waals surface area contributed by atoms with E-state index >= 15 is 0 Å². The molecule has 27 heavy (non-hydrogen) atoms. The molecule has 2 aliphatic rings. The van der Waals surface area contributed by atoms with Crippen molar-refractivity contribution in [2.75, 3.05) is 24.8 Å². The lowest BCUT2D eigenvalue weighted by molar-refractivity contribution is 0.174. The van der Waals surface area contributed by atoms with Crippen LogP contribution in [0.25, 0.3) is 11.6 Å². The van der Waals surface area contributed by atoms with Gasteiger partial charge >= 0.3 is 0 Å².